The third kappa shape index (κ3) is 2.75. The standard InChI is InChI=1S/C12H13NO4/c1-13-7-10(17-12(13)15)11(14)16-8-9-5-3-2-4-6-9/h2-6,10H,7-8H2,1H3/t10-/m0/s1. The summed E-state index contributed by atoms with van der Waals surface area (Å²) in [4.78, 5) is 24.0. The number of likely N-dealkylation sites (N-methyl/N-ethyl adjacent to an activating group) is 1. The van der Waals surface area contributed by atoms with Crippen LogP contribution in [0, 0.1) is 0 Å². The van der Waals surface area contributed by atoms with E-state index < -0.39 is 18.2 Å². The Morgan fingerprint density at radius 1 is 1.47 bits per heavy atom. The van der Waals surface area contributed by atoms with Gasteiger partial charge in [-0.25, -0.2) is 9.59 Å². The molecule has 0 bridgehead atoms. The second-order valence-corrected chi connectivity index (χ2v) is 3.85. The van der Waals surface area contributed by atoms with Gasteiger partial charge in [0.15, 0.2) is 0 Å². The minimum absolute atomic E-state index is 0.192. The van der Waals surface area contributed by atoms with E-state index in [4.69, 9.17) is 9.47 Å². The lowest BCUT2D eigenvalue weighted by Gasteiger charge is -2.08. The molecule has 17 heavy (non-hydrogen) atoms. The van der Waals surface area contributed by atoms with Gasteiger partial charge < -0.3 is 14.4 Å². The van der Waals surface area contributed by atoms with Crippen LogP contribution in [0.1, 0.15) is 5.56 Å². The zero-order valence-corrected chi connectivity index (χ0v) is 9.46. The van der Waals surface area contributed by atoms with Crippen LogP contribution < -0.4 is 0 Å². The molecule has 0 spiro atoms. The first-order valence-corrected chi connectivity index (χ1v) is 5.29. The summed E-state index contributed by atoms with van der Waals surface area (Å²) in [6, 6.07) is 9.35. The fraction of sp³-hybridized carbons (Fsp3) is 0.333. The number of hydrogen-bond donors (Lipinski definition) is 0. The molecular weight excluding hydrogens is 222 g/mol. The van der Waals surface area contributed by atoms with Gasteiger partial charge >= 0.3 is 12.1 Å². The highest BCUT2D eigenvalue weighted by Gasteiger charge is 2.34. The van der Waals surface area contributed by atoms with Crippen LogP contribution in [-0.2, 0) is 20.9 Å². The first-order chi connectivity index (χ1) is 8.16. The van der Waals surface area contributed by atoms with E-state index in [1.165, 1.54) is 4.90 Å². The van der Waals surface area contributed by atoms with Crippen molar-refractivity contribution >= 4 is 12.1 Å². The smallest absolute Gasteiger partial charge is 0.410 e. The number of carbonyl (C=O) groups excluding carboxylic acids is 2. The largest absolute Gasteiger partial charge is 0.458 e. The number of cyclic esters (lactones) is 1. The summed E-state index contributed by atoms with van der Waals surface area (Å²) in [5.41, 5.74) is 0.901. The molecule has 1 amide bonds. The minimum Gasteiger partial charge on any atom is -0.458 e. The molecule has 0 N–H and O–H groups in total. The maximum Gasteiger partial charge on any atom is 0.410 e. The number of benzene rings is 1. The molecule has 2 rings (SSSR count). The number of carbonyl (C=O) groups is 2. The van der Waals surface area contributed by atoms with Crippen molar-refractivity contribution in [2.24, 2.45) is 0 Å². The average Bonchev–Trinajstić information content (AvgIpc) is 2.68. The molecule has 1 saturated heterocycles. The average molecular weight is 235 g/mol. The van der Waals surface area contributed by atoms with Crippen molar-refractivity contribution in [3.63, 3.8) is 0 Å². The normalized spacial score (nSPS) is 19.0. The Kier molecular flexibility index (Phi) is 3.27. The Hall–Kier alpha value is -2.04. The van der Waals surface area contributed by atoms with Gasteiger partial charge in [-0.05, 0) is 5.56 Å². The zero-order chi connectivity index (χ0) is 12.3. The Morgan fingerprint density at radius 3 is 2.76 bits per heavy atom. The van der Waals surface area contributed by atoms with Crippen LogP contribution in [0.3, 0.4) is 0 Å². The molecule has 0 aromatic heterocycles. The van der Waals surface area contributed by atoms with E-state index in [-0.39, 0.29) is 13.2 Å². The van der Waals surface area contributed by atoms with Crippen LogP contribution in [0.5, 0.6) is 0 Å². The van der Waals surface area contributed by atoms with Gasteiger partial charge in [-0.15, -0.1) is 0 Å². The highest BCUT2D eigenvalue weighted by molar-refractivity contribution is 5.82. The highest BCUT2D eigenvalue weighted by atomic mass is 16.6. The second kappa shape index (κ2) is 4.86. The molecule has 1 fully saturated rings. The number of hydrogen-bond acceptors (Lipinski definition) is 4. The lowest BCUT2D eigenvalue weighted by atomic mass is 10.2. The van der Waals surface area contributed by atoms with Crippen molar-refractivity contribution in [3.8, 4) is 0 Å². The van der Waals surface area contributed by atoms with Crippen LogP contribution in [0.25, 0.3) is 0 Å². The van der Waals surface area contributed by atoms with E-state index in [1.807, 2.05) is 30.3 Å². The first kappa shape index (κ1) is 11.4. The van der Waals surface area contributed by atoms with Gasteiger partial charge in [0.1, 0.15) is 6.61 Å². The third-order valence-corrected chi connectivity index (χ3v) is 2.48. The zero-order valence-electron chi connectivity index (χ0n) is 9.46. The summed E-state index contributed by atoms with van der Waals surface area (Å²) in [5.74, 6) is -0.508. The number of amides is 1. The Balaban J connectivity index is 1.84. The fourth-order valence-electron chi connectivity index (χ4n) is 1.52. The molecular formula is C12H13NO4. The van der Waals surface area contributed by atoms with E-state index in [1.54, 1.807) is 7.05 Å². The molecule has 1 aromatic rings. The van der Waals surface area contributed by atoms with Crippen LogP contribution >= 0.6 is 0 Å². The quantitative estimate of drug-likeness (QED) is 0.738. The Bertz CT molecular complexity index is 418. The number of nitrogens with zero attached hydrogens (tertiary/aromatic N) is 1. The van der Waals surface area contributed by atoms with Gasteiger partial charge in [0.25, 0.3) is 0 Å². The maximum atomic E-state index is 11.6. The van der Waals surface area contributed by atoms with Gasteiger partial charge in [-0.3, -0.25) is 0 Å². The topological polar surface area (TPSA) is 55.8 Å². The Labute approximate surface area is 98.9 Å². The van der Waals surface area contributed by atoms with Crippen LogP contribution in [0.2, 0.25) is 0 Å². The second-order valence-electron chi connectivity index (χ2n) is 3.85. The summed E-state index contributed by atoms with van der Waals surface area (Å²) in [6.45, 7) is 0.434. The molecule has 0 radical (unpaired) electrons. The van der Waals surface area contributed by atoms with Crippen LogP contribution in [-0.4, -0.2) is 36.7 Å². The van der Waals surface area contributed by atoms with Crippen molar-refractivity contribution in [2.45, 2.75) is 12.7 Å². The predicted octanol–water partition coefficient (Wildman–Crippen LogP) is 1.18. The van der Waals surface area contributed by atoms with E-state index in [0.717, 1.165) is 5.56 Å². The molecule has 1 atom stereocenters. The molecule has 5 nitrogen and oxygen atoms in total. The van der Waals surface area contributed by atoms with E-state index in [9.17, 15) is 9.59 Å². The summed E-state index contributed by atoms with van der Waals surface area (Å²) >= 11 is 0. The lowest BCUT2D eigenvalue weighted by Crippen LogP contribution is -2.27. The van der Waals surface area contributed by atoms with Crippen molar-refractivity contribution in [1.82, 2.24) is 4.90 Å². The number of ether oxygens (including phenoxy) is 2. The molecule has 90 valence electrons. The van der Waals surface area contributed by atoms with Crippen LogP contribution in [0.4, 0.5) is 4.79 Å². The minimum atomic E-state index is -0.809. The van der Waals surface area contributed by atoms with Crippen molar-refractivity contribution < 1.29 is 19.1 Å². The monoisotopic (exact) mass is 235 g/mol. The van der Waals surface area contributed by atoms with Crippen LogP contribution in [0.15, 0.2) is 30.3 Å². The molecule has 0 saturated carbocycles. The van der Waals surface area contributed by atoms with Crippen molar-refractivity contribution in [3.05, 3.63) is 35.9 Å². The number of esters is 1. The van der Waals surface area contributed by atoms with E-state index >= 15 is 0 Å². The molecule has 1 heterocycles. The van der Waals surface area contributed by atoms with E-state index in [2.05, 4.69) is 0 Å². The molecule has 1 aromatic carbocycles. The summed E-state index contributed by atoms with van der Waals surface area (Å²) in [6.07, 6.45) is -1.30. The maximum absolute atomic E-state index is 11.6. The molecule has 5 heteroatoms. The molecule has 1 aliphatic rings. The molecule has 1 aliphatic heterocycles. The SMILES string of the molecule is CN1C[C@@H](C(=O)OCc2ccccc2)OC1=O. The van der Waals surface area contributed by atoms with E-state index in [0.29, 0.717) is 0 Å². The molecule has 0 unspecified atom stereocenters. The van der Waals surface area contributed by atoms with Crippen molar-refractivity contribution in [1.29, 1.82) is 0 Å². The Morgan fingerprint density at radius 2 is 2.18 bits per heavy atom. The van der Waals surface area contributed by atoms with Gasteiger partial charge in [-0.2, -0.15) is 0 Å². The predicted molar refractivity (Wildman–Crippen MR) is 59.1 cm³/mol. The van der Waals surface area contributed by atoms with Gasteiger partial charge in [0, 0.05) is 7.05 Å². The van der Waals surface area contributed by atoms with Gasteiger partial charge in [0.05, 0.1) is 6.54 Å². The highest BCUT2D eigenvalue weighted by Crippen LogP contribution is 2.11. The molecule has 0 aliphatic carbocycles. The summed E-state index contributed by atoms with van der Waals surface area (Å²) < 4.78 is 9.90. The summed E-state index contributed by atoms with van der Waals surface area (Å²) in [7, 11) is 1.58. The van der Waals surface area contributed by atoms with Crippen molar-refractivity contribution in [2.75, 3.05) is 13.6 Å². The first-order valence-electron chi connectivity index (χ1n) is 5.29. The van der Waals surface area contributed by atoms with Gasteiger partial charge in [-0.1, -0.05) is 30.3 Å². The van der Waals surface area contributed by atoms with Gasteiger partial charge in [0.2, 0.25) is 6.10 Å². The third-order valence-electron chi connectivity index (χ3n) is 2.48. The fourth-order valence-corrected chi connectivity index (χ4v) is 1.52. The number of rotatable bonds is 3. The summed E-state index contributed by atoms with van der Waals surface area (Å²) in [5, 5.41) is 0. The lowest BCUT2D eigenvalue weighted by molar-refractivity contribution is -0.153.